The van der Waals surface area contributed by atoms with Crippen LogP contribution in [0.1, 0.15) is 47.0 Å². The van der Waals surface area contributed by atoms with Crippen molar-refractivity contribution < 1.29 is 14.3 Å². The van der Waals surface area contributed by atoms with Gasteiger partial charge in [-0.1, -0.05) is 0 Å². The fourth-order valence-corrected chi connectivity index (χ4v) is 3.06. The third kappa shape index (κ3) is 3.14. The summed E-state index contributed by atoms with van der Waals surface area (Å²) in [6, 6.07) is 0. The maximum Gasteiger partial charge on any atom is 0.248 e. The summed E-state index contributed by atoms with van der Waals surface area (Å²) in [5, 5.41) is 2.94. The summed E-state index contributed by atoms with van der Waals surface area (Å²) in [5.74, 6) is 0.304. The Morgan fingerprint density at radius 2 is 2.05 bits per heavy atom. The van der Waals surface area contributed by atoms with Crippen LogP contribution in [0.5, 0.6) is 0 Å². The molecule has 1 unspecified atom stereocenters. The molecule has 1 atom stereocenters. The van der Waals surface area contributed by atoms with E-state index < -0.39 is 5.54 Å². The average Bonchev–Trinajstić information content (AvgIpc) is 3.16. The molecular formula is C15H26N2O3. The first kappa shape index (κ1) is 15.3. The van der Waals surface area contributed by atoms with E-state index in [1.165, 1.54) is 0 Å². The smallest absolute Gasteiger partial charge is 0.248 e. The van der Waals surface area contributed by atoms with E-state index in [-0.39, 0.29) is 23.3 Å². The van der Waals surface area contributed by atoms with Gasteiger partial charge >= 0.3 is 0 Å². The van der Waals surface area contributed by atoms with Gasteiger partial charge in [0.05, 0.1) is 5.60 Å². The zero-order valence-corrected chi connectivity index (χ0v) is 13.0. The number of amides is 2. The molecule has 114 valence electrons. The van der Waals surface area contributed by atoms with Gasteiger partial charge in [-0.05, 0) is 46.5 Å². The molecule has 0 aromatic rings. The van der Waals surface area contributed by atoms with Crippen LogP contribution in [-0.2, 0) is 14.3 Å². The highest BCUT2D eigenvalue weighted by Crippen LogP contribution is 2.41. The minimum absolute atomic E-state index is 0.0236. The molecule has 2 aliphatic rings. The zero-order valence-electron chi connectivity index (χ0n) is 13.0. The molecule has 1 aliphatic heterocycles. The van der Waals surface area contributed by atoms with E-state index in [4.69, 9.17) is 4.74 Å². The second kappa shape index (κ2) is 5.35. The summed E-state index contributed by atoms with van der Waals surface area (Å²) in [6.07, 6.45) is 2.41. The van der Waals surface area contributed by atoms with Crippen molar-refractivity contribution in [3.05, 3.63) is 0 Å². The molecule has 1 saturated heterocycles. The second-order valence-corrected chi connectivity index (χ2v) is 6.69. The van der Waals surface area contributed by atoms with Gasteiger partial charge in [-0.15, -0.1) is 0 Å². The van der Waals surface area contributed by atoms with Crippen molar-refractivity contribution in [1.82, 2.24) is 10.2 Å². The van der Waals surface area contributed by atoms with E-state index in [2.05, 4.69) is 5.32 Å². The molecule has 5 nitrogen and oxygen atoms in total. The Hall–Kier alpha value is -1.10. The molecule has 0 bridgehead atoms. The number of hydrogen-bond donors (Lipinski definition) is 1. The molecule has 2 amide bonds. The molecule has 0 aromatic heterocycles. The number of rotatable bonds is 5. The van der Waals surface area contributed by atoms with Crippen molar-refractivity contribution in [2.24, 2.45) is 5.92 Å². The molecule has 2 rings (SSSR count). The largest absolute Gasteiger partial charge is 0.374 e. The van der Waals surface area contributed by atoms with Crippen LogP contribution in [0.15, 0.2) is 0 Å². The van der Waals surface area contributed by atoms with E-state index in [0.717, 1.165) is 12.8 Å². The Bertz CT molecular complexity index is 404. The quantitative estimate of drug-likeness (QED) is 0.827. The van der Waals surface area contributed by atoms with Crippen molar-refractivity contribution in [2.45, 2.75) is 58.1 Å². The molecule has 1 aliphatic carbocycles. The first-order chi connectivity index (χ1) is 9.28. The minimum Gasteiger partial charge on any atom is -0.374 e. The normalized spacial score (nSPS) is 28.3. The third-order valence-electron chi connectivity index (χ3n) is 4.24. The highest BCUT2D eigenvalue weighted by atomic mass is 16.5. The Morgan fingerprint density at radius 1 is 1.40 bits per heavy atom. The summed E-state index contributed by atoms with van der Waals surface area (Å²) >= 11 is 0. The van der Waals surface area contributed by atoms with E-state index in [9.17, 15) is 9.59 Å². The van der Waals surface area contributed by atoms with Gasteiger partial charge in [0.15, 0.2) is 0 Å². The Kier molecular flexibility index (Phi) is 4.09. The Labute approximate surface area is 121 Å². The summed E-state index contributed by atoms with van der Waals surface area (Å²) < 4.78 is 5.69. The predicted octanol–water partition coefficient (Wildman–Crippen LogP) is 1.32. The summed E-state index contributed by atoms with van der Waals surface area (Å²) in [7, 11) is 0. The zero-order chi connectivity index (χ0) is 15.0. The van der Waals surface area contributed by atoms with E-state index in [1.54, 1.807) is 4.90 Å². The van der Waals surface area contributed by atoms with Gasteiger partial charge < -0.3 is 15.0 Å². The van der Waals surface area contributed by atoms with Crippen LogP contribution in [0, 0.1) is 5.92 Å². The van der Waals surface area contributed by atoms with Crippen LogP contribution < -0.4 is 5.32 Å². The van der Waals surface area contributed by atoms with Crippen molar-refractivity contribution in [2.75, 3.05) is 19.7 Å². The van der Waals surface area contributed by atoms with Crippen LogP contribution in [0.4, 0.5) is 0 Å². The highest BCUT2D eigenvalue weighted by Gasteiger charge is 2.51. The van der Waals surface area contributed by atoms with Gasteiger partial charge in [-0.25, -0.2) is 0 Å². The lowest BCUT2D eigenvalue weighted by Crippen LogP contribution is -2.58. The predicted molar refractivity (Wildman–Crippen MR) is 76.2 cm³/mol. The third-order valence-corrected chi connectivity index (χ3v) is 4.24. The maximum atomic E-state index is 12.8. The maximum absolute atomic E-state index is 12.8. The van der Waals surface area contributed by atoms with Crippen molar-refractivity contribution >= 4 is 11.8 Å². The SMILES string of the molecule is CCOC(C)(C)CN1CCC(=O)NC(C)(C2CC2)C1=O. The lowest BCUT2D eigenvalue weighted by atomic mass is 9.93. The van der Waals surface area contributed by atoms with Gasteiger partial charge in [0, 0.05) is 26.1 Å². The van der Waals surface area contributed by atoms with Gasteiger partial charge in [-0.2, -0.15) is 0 Å². The minimum atomic E-state index is -0.726. The Balaban J connectivity index is 2.15. The number of hydrogen-bond acceptors (Lipinski definition) is 3. The lowest BCUT2D eigenvalue weighted by molar-refractivity contribution is -0.142. The van der Waals surface area contributed by atoms with Gasteiger partial charge in [-0.3, -0.25) is 9.59 Å². The fraction of sp³-hybridized carbons (Fsp3) is 0.867. The average molecular weight is 282 g/mol. The van der Waals surface area contributed by atoms with Crippen LogP contribution >= 0.6 is 0 Å². The molecule has 2 fully saturated rings. The van der Waals surface area contributed by atoms with E-state index in [0.29, 0.717) is 26.1 Å². The molecule has 1 saturated carbocycles. The molecule has 0 spiro atoms. The number of carbonyl (C=O) groups excluding carboxylic acids is 2. The molecule has 0 radical (unpaired) electrons. The molecular weight excluding hydrogens is 256 g/mol. The van der Waals surface area contributed by atoms with Gasteiger partial charge in [0.1, 0.15) is 5.54 Å². The summed E-state index contributed by atoms with van der Waals surface area (Å²) in [5.41, 5.74) is -1.11. The number of ether oxygens (including phenoxy) is 1. The summed E-state index contributed by atoms with van der Waals surface area (Å²) in [4.78, 5) is 26.5. The fourth-order valence-electron chi connectivity index (χ4n) is 3.06. The van der Waals surface area contributed by atoms with Gasteiger partial charge in [0.25, 0.3) is 0 Å². The lowest BCUT2D eigenvalue weighted by Gasteiger charge is -2.36. The number of nitrogens with one attached hydrogen (secondary N) is 1. The van der Waals surface area contributed by atoms with Crippen LogP contribution in [0.3, 0.4) is 0 Å². The Morgan fingerprint density at radius 3 is 2.60 bits per heavy atom. The van der Waals surface area contributed by atoms with Crippen LogP contribution in [0.2, 0.25) is 0 Å². The van der Waals surface area contributed by atoms with Crippen molar-refractivity contribution in [1.29, 1.82) is 0 Å². The molecule has 20 heavy (non-hydrogen) atoms. The van der Waals surface area contributed by atoms with Crippen molar-refractivity contribution in [3.63, 3.8) is 0 Å². The summed E-state index contributed by atoms with van der Waals surface area (Å²) in [6.45, 7) is 9.41. The molecule has 1 N–H and O–H groups in total. The standard InChI is InChI=1S/C15H26N2O3/c1-5-20-14(2,3)10-17-9-8-12(18)16-15(4,13(17)19)11-6-7-11/h11H,5-10H2,1-4H3,(H,16,18). The van der Waals surface area contributed by atoms with Crippen LogP contribution in [0.25, 0.3) is 0 Å². The van der Waals surface area contributed by atoms with Crippen molar-refractivity contribution in [3.8, 4) is 0 Å². The number of carbonyl (C=O) groups is 2. The highest BCUT2D eigenvalue weighted by molar-refractivity contribution is 5.93. The molecule has 5 heteroatoms. The first-order valence-electron chi connectivity index (χ1n) is 7.53. The van der Waals surface area contributed by atoms with Crippen LogP contribution in [-0.4, -0.2) is 47.6 Å². The number of nitrogens with zero attached hydrogens (tertiary/aromatic N) is 1. The topological polar surface area (TPSA) is 58.6 Å². The molecule has 1 heterocycles. The van der Waals surface area contributed by atoms with Gasteiger partial charge in [0.2, 0.25) is 11.8 Å². The van der Waals surface area contributed by atoms with E-state index in [1.807, 2.05) is 27.7 Å². The first-order valence-corrected chi connectivity index (χ1v) is 7.53. The second-order valence-electron chi connectivity index (χ2n) is 6.69. The van der Waals surface area contributed by atoms with E-state index >= 15 is 0 Å². The molecule has 0 aromatic carbocycles. The monoisotopic (exact) mass is 282 g/mol.